The van der Waals surface area contributed by atoms with Crippen LogP contribution in [0.2, 0.25) is 0 Å². The van der Waals surface area contributed by atoms with Crippen molar-refractivity contribution in [3.8, 4) is 0 Å². The van der Waals surface area contributed by atoms with E-state index < -0.39 is 0 Å². The van der Waals surface area contributed by atoms with Crippen LogP contribution in [0.4, 0.5) is 0 Å². The van der Waals surface area contributed by atoms with Gasteiger partial charge in [0.15, 0.2) is 4.34 Å². The minimum atomic E-state index is 0.0600. The van der Waals surface area contributed by atoms with Crippen molar-refractivity contribution in [1.29, 1.82) is 0 Å². The SMILES string of the molecule is Cc1nsc(SC(CO)C(N)C2CC2)n1. The molecule has 2 unspecified atom stereocenters. The summed E-state index contributed by atoms with van der Waals surface area (Å²) in [4.78, 5) is 4.26. The van der Waals surface area contributed by atoms with E-state index in [0.717, 1.165) is 10.2 Å². The lowest BCUT2D eigenvalue weighted by atomic mass is 10.1. The molecule has 15 heavy (non-hydrogen) atoms. The number of aliphatic hydroxyl groups excluding tert-OH is 1. The Morgan fingerprint density at radius 1 is 1.67 bits per heavy atom. The molecule has 1 aliphatic carbocycles. The number of hydrogen-bond acceptors (Lipinski definition) is 6. The highest BCUT2D eigenvalue weighted by Gasteiger charge is 2.34. The molecule has 0 aromatic carbocycles. The van der Waals surface area contributed by atoms with Crippen molar-refractivity contribution < 1.29 is 5.11 Å². The van der Waals surface area contributed by atoms with Crippen molar-refractivity contribution in [3.63, 3.8) is 0 Å². The Labute approximate surface area is 97.5 Å². The Balaban J connectivity index is 1.95. The molecule has 1 aromatic heterocycles. The van der Waals surface area contributed by atoms with E-state index in [2.05, 4.69) is 9.36 Å². The number of nitrogens with zero attached hydrogens (tertiary/aromatic N) is 2. The number of nitrogens with two attached hydrogens (primary N) is 1. The van der Waals surface area contributed by atoms with Crippen LogP contribution in [0.3, 0.4) is 0 Å². The standard InChI is InChI=1S/C9H15N3OS2/c1-5-11-9(15-12-5)14-7(4-13)8(10)6-2-3-6/h6-8,13H,2-4,10H2,1H3. The van der Waals surface area contributed by atoms with Crippen LogP contribution in [0.1, 0.15) is 18.7 Å². The Morgan fingerprint density at radius 2 is 2.40 bits per heavy atom. The Kier molecular flexibility index (Phi) is 3.60. The van der Waals surface area contributed by atoms with Crippen LogP contribution in [0.5, 0.6) is 0 Å². The molecule has 84 valence electrons. The first kappa shape index (κ1) is 11.3. The third-order valence-electron chi connectivity index (χ3n) is 2.54. The van der Waals surface area contributed by atoms with Gasteiger partial charge in [0.2, 0.25) is 0 Å². The molecule has 0 radical (unpaired) electrons. The van der Waals surface area contributed by atoms with E-state index in [1.54, 1.807) is 11.8 Å². The van der Waals surface area contributed by atoms with Gasteiger partial charge in [-0.3, -0.25) is 0 Å². The van der Waals surface area contributed by atoms with Crippen LogP contribution in [0.25, 0.3) is 0 Å². The number of aromatic nitrogens is 2. The van der Waals surface area contributed by atoms with Crippen molar-refractivity contribution in [1.82, 2.24) is 9.36 Å². The minimum absolute atomic E-state index is 0.0600. The number of rotatable bonds is 5. The second-order valence-corrected chi connectivity index (χ2v) is 6.10. The van der Waals surface area contributed by atoms with Crippen LogP contribution in [0.15, 0.2) is 4.34 Å². The fraction of sp³-hybridized carbons (Fsp3) is 0.778. The molecule has 1 aliphatic rings. The maximum atomic E-state index is 9.30. The summed E-state index contributed by atoms with van der Waals surface area (Å²) in [5.74, 6) is 1.39. The molecule has 0 bridgehead atoms. The Bertz CT molecular complexity index is 327. The van der Waals surface area contributed by atoms with Crippen LogP contribution in [0, 0.1) is 12.8 Å². The molecule has 0 aliphatic heterocycles. The van der Waals surface area contributed by atoms with Gasteiger partial charge in [0.1, 0.15) is 5.82 Å². The van der Waals surface area contributed by atoms with Gasteiger partial charge >= 0.3 is 0 Å². The van der Waals surface area contributed by atoms with E-state index in [9.17, 15) is 5.11 Å². The Morgan fingerprint density at radius 3 is 2.87 bits per heavy atom. The van der Waals surface area contributed by atoms with Crippen LogP contribution >= 0.6 is 23.3 Å². The Hall–Kier alpha value is -0.170. The minimum Gasteiger partial charge on any atom is -0.395 e. The van der Waals surface area contributed by atoms with E-state index in [1.165, 1.54) is 24.4 Å². The van der Waals surface area contributed by atoms with Gasteiger partial charge < -0.3 is 10.8 Å². The molecule has 1 fully saturated rings. The van der Waals surface area contributed by atoms with Gasteiger partial charge in [-0.1, -0.05) is 11.8 Å². The van der Waals surface area contributed by atoms with Crippen molar-refractivity contribution in [2.75, 3.05) is 6.61 Å². The second kappa shape index (κ2) is 4.78. The smallest absolute Gasteiger partial charge is 0.170 e. The third-order valence-corrected chi connectivity index (χ3v) is 4.71. The maximum absolute atomic E-state index is 9.30. The lowest BCUT2D eigenvalue weighted by Crippen LogP contribution is -2.36. The molecular weight excluding hydrogens is 230 g/mol. The number of thioether (sulfide) groups is 1. The first-order valence-electron chi connectivity index (χ1n) is 5.04. The predicted molar refractivity (Wildman–Crippen MR) is 62.1 cm³/mol. The van der Waals surface area contributed by atoms with Crippen molar-refractivity contribution >= 4 is 23.3 Å². The summed E-state index contributed by atoms with van der Waals surface area (Å²) < 4.78 is 5.02. The van der Waals surface area contributed by atoms with E-state index in [4.69, 9.17) is 5.73 Å². The van der Waals surface area contributed by atoms with Gasteiger partial charge in [0.25, 0.3) is 0 Å². The first-order valence-corrected chi connectivity index (χ1v) is 6.69. The third kappa shape index (κ3) is 2.90. The summed E-state index contributed by atoms with van der Waals surface area (Å²) in [7, 11) is 0. The maximum Gasteiger partial charge on any atom is 0.170 e. The fourth-order valence-corrected chi connectivity index (χ4v) is 3.45. The topological polar surface area (TPSA) is 72.0 Å². The molecule has 6 heteroatoms. The van der Waals surface area contributed by atoms with Crippen LogP contribution in [-0.4, -0.2) is 32.4 Å². The largest absolute Gasteiger partial charge is 0.395 e. The molecule has 1 heterocycles. The summed E-state index contributed by atoms with van der Waals surface area (Å²) in [6.45, 7) is 1.98. The molecule has 0 spiro atoms. The lowest BCUT2D eigenvalue weighted by molar-refractivity contribution is 0.277. The molecule has 2 rings (SSSR count). The van der Waals surface area contributed by atoms with Crippen LogP contribution < -0.4 is 5.73 Å². The highest BCUT2D eigenvalue weighted by atomic mass is 32.2. The van der Waals surface area contributed by atoms with Gasteiger partial charge in [0.05, 0.1) is 11.9 Å². The molecule has 3 N–H and O–H groups in total. The summed E-state index contributed by atoms with van der Waals surface area (Å²) in [6.07, 6.45) is 2.40. The molecule has 2 atom stereocenters. The zero-order valence-electron chi connectivity index (χ0n) is 8.59. The van der Waals surface area contributed by atoms with Crippen molar-refractivity contribution in [3.05, 3.63) is 5.82 Å². The van der Waals surface area contributed by atoms with Gasteiger partial charge in [-0.2, -0.15) is 4.37 Å². The predicted octanol–water partition coefficient (Wildman–Crippen LogP) is 1.04. The molecule has 4 nitrogen and oxygen atoms in total. The van der Waals surface area contributed by atoms with Gasteiger partial charge in [-0.25, -0.2) is 4.98 Å². The van der Waals surface area contributed by atoms with E-state index >= 15 is 0 Å². The zero-order chi connectivity index (χ0) is 10.8. The zero-order valence-corrected chi connectivity index (χ0v) is 10.2. The number of aryl methyl sites for hydroxylation is 1. The number of aliphatic hydroxyl groups is 1. The highest BCUT2D eigenvalue weighted by Crippen LogP contribution is 2.37. The molecule has 0 saturated heterocycles. The summed E-state index contributed by atoms with van der Waals surface area (Å²) in [5, 5.41) is 9.36. The highest BCUT2D eigenvalue weighted by molar-refractivity contribution is 8.01. The van der Waals surface area contributed by atoms with E-state index in [1.807, 2.05) is 6.92 Å². The van der Waals surface area contributed by atoms with Gasteiger partial charge in [-0.05, 0) is 37.2 Å². The average Bonchev–Trinajstić information content (AvgIpc) is 2.99. The summed E-state index contributed by atoms with van der Waals surface area (Å²) >= 11 is 2.93. The fourth-order valence-electron chi connectivity index (χ4n) is 1.48. The first-order chi connectivity index (χ1) is 7.20. The van der Waals surface area contributed by atoms with Gasteiger partial charge in [0, 0.05) is 6.04 Å². The molecular formula is C9H15N3OS2. The van der Waals surface area contributed by atoms with Crippen LogP contribution in [-0.2, 0) is 0 Å². The monoisotopic (exact) mass is 245 g/mol. The normalized spacial score (nSPS) is 20.2. The molecule has 1 aromatic rings. The average molecular weight is 245 g/mol. The summed E-state index contributed by atoms with van der Waals surface area (Å²) in [6, 6.07) is 0.0872. The second-order valence-electron chi connectivity index (χ2n) is 3.86. The number of hydrogen-bond donors (Lipinski definition) is 2. The lowest BCUT2D eigenvalue weighted by Gasteiger charge is -2.19. The van der Waals surface area contributed by atoms with Crippen molar-refractivity contribution in [2.24, 2.45) is 11.7 Å². The molecule has 1 saturated carbocycles. The van der Waals surface area contributed by atoms with E-state index in [-0.39, 0.29) is 17.9 Å². The quantitative estimate of drug-likeness (QED) is 0.758. The van der Waals surface area contributed by atoms with Gasteiger partial charge in [-0.15, -0.1) is 0 Å². The van der Waals surface area contributed by atoms with E-state index in [0.29, 0.717) is 5.92 Å². The van der Waals surface area contributed by atoms with Crippen molar-refractivity contribution in [2.45, 2.75) is 35.4 Å². The molecule has 0 amide bonds. The summed E-state index contributed by atoms with van der Waals surface area (Å²) in [5.41, 5.74) is 6.06.